The molecule has 4 heteroatoms. The summed E-state index contributed by atoms with van der Waals surface area (Å²) in [6, 6.07) is 7.92. The van der Waals surface area contributed by atoms with Crippen molar-refractivity contribution in [3.05, 3.63) is 29.8 Å². The molecule has 0 aliphatic heterocycles. The van der Waals surface area contributed by atoms with Gasteiger partial charge in [-0.15, -0.1) is 0 Å². The number of benzene rings is 1. The molecule has 4 nitrogen and oxygen atoms in total. The molecule has 0 aliphatic rings. The lowest BCUT2D eigenvalue weighted by Gasteiger charge is -2.24. The lowest BCUT2D eigenvalue weighted by molar-refractivity contribution is -0.119. The molecule has 18 heavy (non-hydrogen) atoms. The average Bonchev–Trinajstić information content (AvgIpc) is 2.27. The topological polar surface area (TPSA) is 64.3 Å². The zero-order valence-electron chi connectivity index (χ0n) is 11.3. The van der Waals surface area contributed by atoms with E-state index in [0.717, 1.165) is 11.3 Å². The summed E-state index contributed by atoms with van der Waals surface area (Å²) >= 11 is 0. The van der Waals surface area contributed by atoms with E-state index in [9.17, 15) is 4.79 Å². The Morgan fingerprint density at radius 2 is 1.94 bits per heavy atom. The summed E-state index contributed by atoms with van der Waals surface area (Å²) < 4.78 is 5.38. The standard InChI is InChI=1S/C14H22N2O2/c1-4-18-12-7-5-11(6-8-12)10-16-14(2,3)9-13(15)17/h5-8,16H,4,9-10H2,1-3H3,(H2,15,17). The van der Waals surface area contributed by atoms with Crippen molar-refractivity contribution in [2.24, 2.45) is 5.73 Å². The van der Waals surface area contributed by atoms with E-state index < -0.39 is 0 Å². The van der Waals surface area contributed by atoms with Crippen LogP contribution in [0.1, 0.15) is 32.8 Å². The quantitative estimate of drug-likeness (QED) is 0.776. The lowest BCUT2D eigenvalue weighted by Crippen LogP contribution is -2.42. The van der Waals surface area contributed by atoms with Gasteiger partial charge in [0.05, 0.1) is 6.61 Å². The van der Waals surface area contributed by atoms with E-state index in [1.165, 1.54) is 0 Å². The molecule has 0 unspecified atom stereocenters. The van der Waals surface area contributed by atoms with Crippen molar-refractivity contribution in [1.82, 2.24) is 5.32 Å². The number of carbonyl (C=O) groups is 1. The van der Waals surface area contributed by atoms with Gasteiger partial charge in [-0.1, -0.05) is 12.1 Å². The van der Waals surface area contributed by atoms with Crippen LogP contribution in [0.2, 0.25) is 0 Å². The second kappa shape index (κ2) is 6.40. The second-order valence-corrected chi connectivity index (χ2v) is 4.96. The fourth-order valence-corrected chi connectivity index (χ4v) is 1.71. The Morgan fingerprint density at radius 3 is 2.44 bits per heavy atom. The van der Waals surface area contributed by atoms with Crippen LogP contribution in [0.15, 0.2) is 24.3 Å². The molecule has 0 fully saturated rings. The summed E-state index contributed by atoms with van der Waals surface area (Å²) in [7, 11) is 0. The van der Waals surface area contributed by atoms with Crippen molar-refractivity contribution in [1.29, 1.82) is 0 Å². The number of hydrogen-bond acceptors (Lipinski definition) is 3. The Hall–Kier alpha value is -1.55. The number of primary amides is 1. The zero-order chi connectivity index (χ0) is 13.6. The number of ether oxygens (including phenoxy) is 1. The van der Waals surface area contributed by atoms with E-state index in [4.69, 9.17) is 10.5 Å². The number of nitrogens with two attached hydrogens (primary N) is 1. The van der Waals surface area contributed by atoms with Crippen LogP contribution in [-0.4, -0.2) is 18.1 Å². The van der Waals surface area contributed by atoms with Crippen molar-refractivity contribution in [2.45, 2.75) is 39.3 Å². The van der Waals surface area contributed by atoms with Crippen molar-refractivity contribution in [3.63, 3.8) is 0 Å². The third kappa shape index (κ3) is 5.19. The van der Waals surface area contributed by atoms with Crippen LogP contribution in [0.3, 0.4) is 0 Å². The Labute approximate surface area is 109 Å². The summed E-state index contributed by atoms with van der Waals surface area (Å²) in [6.45, 7) is 7.26. The molecule has 1 aromatic carbocycles. The van der Waals surface area contributed by atoms with Crippen molar-refractivity contribution in [3.8, 4) is 5.75 Å². The first kappa shape index (κ1) is 14.5. The summed E-state index contributed by atoms with van der Waals surface area (Å²) in [5.41, 5.74) is 6.07. The van der Waals surface area contributed by atoms with Gasteiger partial charge in [0.15, 0.2) is 0 Å². The molecule has 0 bridgehead atoms. The summed E-state index contributed by atoms with van der Waals surface area (Å²) in [6.07, 6.45) is 0.323. The van der Waals surface area contributed by atoms with Crippen LogP contribution in [0.4, 0.5) is 0 Å². The van der Waals surface area contributed by atoms with E-state index in [2.05, 4.69) is 5.32 Å². The molecular weight excluding hydrogens is 228 g/mol. The minimum atomic E-state index is -0.292. The first-order valence-electron chi connectivity index (χ1n) is 6.18. The Morgan fingerprint density at radius 1 is 1.33 bits per heavy atom. The number of hydrogen-bond donors (Lipinski definition) is 2. The fraction of sp³-hybridized carbons (Fsp3) is 0.500. The predicted molar refractivity (Wildman–Crippen MR) is 72.3 cm³/mol. The van der Waals surface area contributed by atoms with Crippen LogP contribution in [0, 0.1) is 0 Å². The largest absolute Gasteiger partial charge is 0.494 e. The molecule has 0 heterocycles. The number of nitrogens with one attached hydrogen (secondary N) is 1. The monoisotopic (exact) mass is 250 g/mol. The van der Waals surface area contributed by atoms with E-state index in [1.54, 1.807) is 0 Å². The molecule has 3 N–H and O–H groups in total. The molecule has 0 aromatic heterocycles. The van der Waals surface area contributed by atoms with E-state index in [0.29, 0.717) is 19.6 Å². The highest BCUT2D eigenvalue weighted by Gasteiger charge is 2.19. The minimum absolute atomic E-state index is 0.287. The van der Waals surface area contributed by atoms with Gasteiger partial charge in [-0.3, -0.25) is 4.79 Å². The number of carbonyl (C=O) groups excluding carboxylic acids is 1. The smallest absolute Gasteiger partial charge is 0.219 e. The first-order chi connectivity index (χ1) is 8.43. The van der Waals surface area contributed by atoms with E-state index in [-0.39, 0.29) is 11.4 Å². The van der Waals surface area contributed by atoms with Gasteiger partial charge < -0.3 is 15.8 Å². The molecule has 0 saturated heterocycles. The first-order valence-corrected chi connectivity index (χ1v) is 6.18. The Balaban J connectivity index is 2.50. The molecular formula is C14H22N2O2. The second-order valence-electron chi connectivity index (χ2n) is 4.96. The van der Waals surface area contributed by atoms with Crippen LogP contribution in [0.5, 0.6) is 5.75 Å². The Bertz CT molecular complexity index is 385. The van der Waals surface area contributed by atoms with Gasteiger partial charge in [-0.25, -0.2) is 0 Å². The zero-order valence-corrected chi connectivity index (χ0v) is 11.3. The van der Waals surface area contributed by atoms with Gasteiger partial charge in [0.25, 0.3) is 0 Å². The third-order valence-electron chi connectivity index (χ3n) is 2.62. The molecule has 1 amide bonds. The van der Waals surface area contributed by atoms with Gasteiger partial charge in [0.1, 0.15) is 5.75 Å². The minimum Gasteiger partial charge on any atom is -0.494 e. The molecule has 1 aromatic rings. The van der Waals surface area contributed by atoms with Crippen molar-refractivity contribution >= 4 is 5.91 Å². The summed E-state index contributed by atoms with van der Waals surface area (Å²) in [4.78, 5) is 10.9. The number of amides is 1. The van der Waals surface area contributed by atoms with Crippen molar-refractivity contribution in [2.75, 3.05) is 6.61 Å². The molecule has 100 valence electrons. The summed E-state index contributed by atoms with van der Waals surface area (Å²) in [5, 5.41) is 3.32. The average molecular weight is 250 g/mol. The van der Waals surface area contributed by atoms with Crippen molar-refractivity contribution < 1.29 is 9.53 Å². The van der Waals surface area contributed by atoms with E-state index in [1.807, 2.05) is 45.0 Å². The van der Waals surface area contributed by atoms with Gasteiger partial charge >= 0.3 is 0 Å². The van der Waals surface area contributed by atoms with Crippen LogP contribution < -0.4 is 15.8 Å². The maximum atomic E-state index is 10.9. The van der Waals surface area contributed by atoms with E-state index >= 15 is 0 Å². The number of rotatable bonds is 7. The van der Waals surface area contributed by atoms with Gasteiger partial charge in [0, 0.05) is 18.5 Å². The van der Waals surface area contributed by atoms with Crippen LogP contribution in [0.25, 0.3) is 0 Å². The Kier molecular flexibility index (Phi) is 5.16. The highest BCUT2D eigenvalue weighted by molar-refractivity contribution is 5.74. The highest BCUT2D eigenvalue weighted by atomic mass is 16.5. The normalized spacial score (nSPS) is 11.3. The van der Waals surface area contributed by atoms with Crippen LogP contribution in [-0.2, 0) is 11.3 Å². The lowest BCUT2D eigenvalue weighted by atomic mass is 10.00. The SMILES string of the molecule is CCOc1ccc(CNC(C)(C)CC(N)=O)cc1. The molecule has 0 aliphatic carbocycles. The fourth-order valence-electron chi connectivity index (χ4n) is 1.71. The van der Waals surface area contributed by atoms with Gasteiger partial charge in [0.2, 0.25) is 5.91 Å². The molecule has 0 atom stereocenters. The van der Waals surface area contributed by atoms with Crippen LogP contribution >= 0.6 is 0 Å². The molecule has 0 saturated carbocycles. The highest BCUT2D eigenvalue weighted by Crippen LogP contribution is 2.14. The molecule has 1 rings (SSSR count). The maximum absolute atomic E-state index is 10.9. The molecule has 0 radical (unpaired) electrons. The third-order valence-corrected chi connectivity index (χ3v) is 2.62. The molecule has 0 spiro atoms. The summed E-state index contributed by atoms with van der Waals surface area (Å²) in [5.74, 6) is 0.580. The van der Waals surface area contributed by atoms with Gasteiger partial charge in [-0.2, -0.15) is 0 Å². The maximum Gasteiger partial charge on any atom is 0.219 e. The predicted octanol–water partition coefficient (Wildman–Crippen LogP) is 1.83. The van der Waals surface area contributed by atoms with Gasteiger partial charge in [-0.05, 0) is 38.5 Å².